The number of ether oxygens (including phenoxy) is 3. The molecule has 10 nitrogen and oxygen atoms in total. The standard InChI is InChI=1S/C20H16O5.C13H13N3O2S/c1-3-13-14(4-2)20(25-19(13)23)15-7-5-11(21)9-17(15)24-18-10-12(22)6-8-16(18)20;1-9(17)15-5-2-6-18-10-3-4-11-12(7-10)19-13(8-14)16-11/h3-10,21-22H,1-2H3;3-4,7H,2,5-6H2,1H3,(H,15,17)/b13-3+,14-4+;. The number of phenolic OH excluding ortho intramolecular Hbond substituents is 2. The van der Waals surface area contributed by atoms with E-state index >= 15 is 0 Å². The van der Waals surface area contributed by atoms with Gasteiger partial charge in [0.25, 0.3) is 0 Å². The third-order valence-corrected chi connectivity index (χ3v) is 7.96. The number of hydrogen-bond acceptors (Lipinski definition) is 10. The second-order valence-electron chi connectivity index (χ2n) is 9.88. The number of fused-ring (bicyclic) bond motifs is 5. The highest BCUT2D eigenvalue weighted by molar-refractivity contribution is 7.19. The maximum absolute atomic E-state index is 12.5. The smallest absolute Gasteiger partial charge is 0.339 e. The summed E-state index contributed by atoms with van der Waals surface area (Å²) in [6, 6.07) is 17.0. The van der Waals surface area contributed by atoms with Crippen LogP contribution < -0.4 is 14.8 Å². The fraction of sp³-hybridized carbons (Fsp3) is 0.212. The molecule has 1 fully saturated rings. The van der Waals surface area contributed by atoms with Crippen LogP contribution in [0.2, 0.25) is 0 Å². The number of benzene rings is 3. The summed E-state index contributed by atoms with van der Waals surface area (Å²) in [7, 11) is 0. The number of thiazole rings is 1. The number of phenols is 2. The van der Waals surface area contributed by atoms with Crippen LogP contribution in [0.15, 0.2) is 77.9 Å². The number of nitrogens with one attached hydrogen (secondary N) is 1. The molecule has 0 unspecified atom stereocenters. The van der Waals surface area contributed by atoms with Crippen molar-refractivity contribution in [3.63, 3.8) is 0 Å². The van der Waals surface area contributed by atoms with Gasteiger partial charge in [-0.2, -0.15) is 5.26 Å². The van der Waals surface area contributed by atoms with Gasteiger partial charge >= 0.3 is 5.97 Å². The zero-order valence-electron chi connectivity index (χ0n) is 24.2. The number of amides is 1. The van der Waals surface area contributed by atoms with Crippen LogP contribution in [0.5, 0.6) is 28.7 Å². The third kappa shape index (κ3) is 5.67. The average molecular weight is 612 g/mol. The van der Waals surface area contributed by atoms with E-state index < -0.39 is 11.6 Å². The molecule has 3 N–H and O–H groups in total. The lowest BCUT2D eigenvalue weighted by Gasteiger charge is -2.36. The molecule has 0 atom stereocenters. The largest absolute Gasteiger partial charge is 0.508 e. The zero-order valence-corrected chi connectivity index (χ0v) is 25.0. The Bertz CT molecular complexity index is 1820. The lowest BCUT2D eigenvalue weighted by atomic mass is 9.76. The van der Waals surface area contributed by atoms with Crippen molar-refractivity contribution in [2.45, 2.75) is 32.8 Å². The minimum atomic E-state index is -1.17. The molecule has 44 heavy (non-hydrogen) atoms. The van der Waals surface area contributed by atoms with Crippen LogP contribution in [0.1, 0.15) is 43.3 Å². The van der Waals surface area contributed by atoms with Gasteiger partial charge in [0.1, 0.15) is 34.8 Å². The predicted octanol–water partition coefficient (Wildman–Crippen LogP) is 5.97. The van der Waals surface area contributed by atoms with Gasteiger partial charge in [0.2, 0.25) is 5.91 Å². The molecule has 1 amide bonds. The Hall–Kier alpha value is -5.34. The van der Waals surface area contributed by atoms with Crippen molar-refractivity contribution < 1.29 is 34.0 Å². The molecule has 6 rings (SSSR count). The van der Waals surface area contributed by atoms with Gasteiger partial charge in [0, 0.05) is 42.3 Å². The van der Waals surface area contributed by atoms with Crippen molar-refractivity contribution >= 4 is 33.4 Å². The first-order valence-electron chi connectivity index (χ1n) is 13.8. The van der Waals surface area contributed by atoms with Crippen LogP contribution in [0.3, 0.4) is 0 Å². The van der Waals surface area contributed by atoms with E-state index in [0.717, 1.165) is 22.4 Å². The Morgan fingerprint density at radius 2 is 1.75 bits per heavy atom. The molecule has 0 aliphatic carbocycles. The maximum Gasteiger partial charge on any atom is 0.339 e. The molecule has 1 spiro atoms. The average Bonchev–Trinajstić information content (AvgIpc) is 3.54. The number of nitrogens with zero attached hydrogens (tertiary/aromatic N) is 2. The van der Waals surface area contributed by atoms with E-state index in [4.69, 9.17) is 19.5 Å². The number of aromatic hydroxyl groups is 2. The minimum absolute atomic E-state index is 0.0323. The van der Waals surface area contributed by atoms with Crippen molar-refractivity contribution in [3.8, 4) is 34.8 Å². The van der Waals surface area contributed by atoms with E-state index in [9.17, 15) is 19.8 Å². The SMILES string of the molecule is C/C=C1/C(=O)OC2(/C1=C/C)c1ccc(O)cc1Oc1cc(O)ccc12.CC(=O)NCCCOc1ccc2nc(C#N)sc2c1. The summed E-state index contributed by atoms with van der Waals surface area (Å²) in [5.74, 6) is 1.13. The first kappa shape index (κ1) is 30.1. The van der Waals surface area contributed by atoms with Gasteiger partial charge in [0.15, 0.2) is 10.6 Å². The first-order valence-corrected chi connectivity index (χ1v) is 14.6. The Kier molecular flexibility index (Phi) is 8.55. The number of nitriles is 1. The lowest BCUT2D eigenvalue weighted by Crippen LogP contribution is -2.32. The van der Waals surface area contributed by atoms with E-state index in [1.54, 1.807) is 25.1 Å². The Morgan fingerprint density at radius 1 is 1.07 bits per heavy atom. The monoisotopic (exact) mass is 611 g/mol. The highest BCUT2D eigenvalue weighted by atomic mass is 32.1. The van der Waals surface area contributed by atoms with Crippen molar-refractivity contribution in [2.75, 3.05) is 13.2 Å². The zero-order chi connectivity index (χ0) is 31.4. The van der Waals surface area contributed by atoms with Crippen LogP contribution in [-0.4, -0.2) is 40.2 Å². The summed E-state index contributed by atoms with van der Waals surface area (Å²) >= 11 is 1.35. The van der Waals surface area contributed by atoms with Crippen LogP contribution >= 0.6 is 11.3 Å². The van der Waals surface area contributed by atoms with Crippen LogP contribution in [-0.2, 0) is 19.9 Å². The van der Waals surface area contributed by atoms with Crippen molar-refractivity contribution in [3.05, 3.63) is 94.0 Å². The van der Waals surface area contributed by atoms with Gasteiger partial charge < -0.3 is 29.7 Å². The second kappa shape index (κ2) is 12.5. The summed E-state index contributed by atoms with van der Waals surface area (Å²) in [6.07, 6.45) is 4.32. The van der Waals surface area contributed by atoms with Crippen molar-refractivity contribution in [1.82, 2.24) is 10.3 Å². The number of carbonyl (C=O) groups is 2. The molecule has 4 aromatic rings. The van der Waals surface area contributed by atoms with Gasteiger partial charge in [-0.05, 0) is 62.7 Å². The summed E-state index contributed by atoms with van der Waals surface area (Å²) in [4.78, 5) is 27.4. The quantitative estimate of drug-likeness (QED) is 0.141. The molecule has 1 aromatic heterocycles. The molecule has 0 radical (unpaired) electrons. The van der Waals surface area contributed by atoms with Crippen LogP contribution in [0.25, 0.3) is 10.2 Å². The van der Waals surface area contributed by atoms with E-state index in [1.165, 1.54) is 42.5 Å². The van der Waals surface area contributed by atoms with Gasteiger partial charge in [-0.25, -0.2) is 9.78 Å². The molecule has 1 saturated heterocycles. The molecule has 3 heterocycles. The van der Waals surface area contributed by atoms with Crippen molar-refractivity contribution in [1.29, 1.82) is 5.26 Å². The Balaban J connectivity index is 0.000000182. The molecule has 0 bridgehead atoms. The van der Waals surface area contributed by atoms with Gasteiger partial charge in [0.05, 0.1) is 22.4 Å². The first-order chi connectivity index (χ1) is 21.2. The van der Waals surface area contributed by atoms with Crippen molar-refractivity contribution in [2.24, 2.45) is 0 Å². The molecule has 11 heteroatoms. The normalized spacial score (nSPS) is 15.9. The van der Waals surface area contributed by atoms with E-state index in [1.807, 2.05) is 37.3 Å². The topological polar surface area (TPSA) is 151 Å². The molecule has 3 aromatic carbocycles. The second-order valence-corrected chi connectivity index (χ2v) is 10.9. The van der Waals surface area contributed by atoms with E-state index in [-0.39, 0.29) is 17.4 Å². The lowest BCUT2D eigenvalue weighted by molar-refractivity contribution is -0.143. The van der Waals surface area contributed by atoms with Gasteiger partial charge in [-0.1, -0.05) is 12.2 Å². The molecular weight excluding hydrogens is 582 g/mol. The molecule has 224 valence electrons. The fourth-order valence-corrected chi connectivity index (χ4v) is 5.98. The number of rotatable bonds is 5. The summed E-state index contributed by atoms with van der Waals surface area (Å²) in [5.41, 5.74) is 2.10. The molecule has 0 saturated carbocycles. The maximum atomic E-state index is 12.5. The van der Waals surface area contributed by atoms with Gasteiger partial charge in [-0.15, -0.1) is 11.3 Å². The van der Waals surface area contributed by atoms with Crippen LogP contribution in [0.4, 0.5) is 0 Å². The number of carbonyl (C=O) groups excluding carboxylic acids is 2. The Labute approximate surface area is 257 Å². The molecule has 2 aliphatic rings. The summed E-state index contributed by atoms with van der Waals surface area (Å²) < 4.78 is 18.3. The number of aromatic nitrogens is 1. The van der Waals surface area contributed by atoms with Crippen LogP contribution in [0, 0.1) is 11.3 Å². The number of allylic oxidation sites excluding steroid dienone is 2. The number of esters is 1. The predicted molar refractivity (Wildman–Crippen MR) is 164 cm³/mol. The number of hydrogen-bond donors (Lipinski definition) is 3. The molecule has 2 aliphatic heterocycles. The fourth-order valence-electron chi connectivity index (χ4n) is 5.19. The molecular formula is C33H29N3O7S. The summed E-state index contributed by atoms with van der Waals surface area (Å²) in [6.45, 7) is 6.27. The van der Waals surface area contributed by atoms with Gasteiger partial charge in [-0.3, -0.25) is 4.79 Å². The highest BCUT2D eigenvalue weighted by Crippen LogP contribution is 2.58. The summed E-state index contributed by atoms with van der Waals surface area (Å²) in [5, 5.41) is 31.6. The van der Waals surface area contributed by atoms with E-state index in [0.29, 0.717) is 51.9 Å². The van der Waals surface area contributed by atoms with E-state index in [2.05, 4.69) is 10.3 Å². The highest BCUT2D eigenvalue weighted by Gasteiger charge is 2.55. The Morgan fingerprint density at radius 3 is 2.34 bits per heavy atom. The third-order valence-electron chi connectivity index (χ3n) is 7.04. The minimum Gasteiger partial charge on any atom is -0.508 e.